The molecule has 1 saturated carbocycles. The number of hydrogen-bond acceptors (Lipinski definition) is 10. The first-order chi connectivity index (χ1) is 17.3. The van der Waals surface area contributed by atoms with Crippen LogP contribution in [-0.2, 0) is 14.8 Å². The molecule has 0 aliphatic heterocycles. The molecule has 0 bridgehead atoms. The van der Waals surface area contributed by atoms with Crippen LogP contribution in [0.5, 0.6) is 5.88 Å². The van der Waals surface area contributed by atoms with Crippen LogP contribution >= 0.6 is 11.3 Å². The fourth-order valence-electron chi connectivity index (χ4n) is 3.56. The number of rotatable bonds is 12. The maximum Gasteiger partial charge on any atom is 0.280 e. The van der Waals surface area contributed by atoms with E-state index in [1.165, 1.54) is 23.7 Å². The van der Waals surface area contributed by atoms with Crippen LogP contribution in [0.25, 0.3) is 10.6 Å². The molecule has 0 unspecified atom stereocenters. The van der Waals surface area contributed by atoms with Gasteiger partial charge < -0.3 is 14.8 Å². The van der Waals surface area contributed by atoms with E-state index in [0.717, 1.165) is 0 Å². The highest BCUT2D eigenvalue weighted by molar-refractivity contribution is 7.93. The first-order valence-electron chi connectivity index (χ1n) is 11.5. The number of aromatic nitrogens is 4. The third kappa shape index (κ3) is 6.33. The van der Waals surface area contributed by atoms with E-state index in [9.17, 15) is 13.2 Å². The summed E-state index contributed by atoms with van der Waals surface area (Å²) in [5, 5.41) is 2.88. The SMILES string of the molecule is CCOc1cncc(-c2cnc(C(=O)N[C@H](c3cc(NS(=O)(=O)C4CC4)ccn3)[C@H](C)COC)s2)n1. The van der Waals surface area contributed by atoms with Crippen molar-refractivity contribution in [2.24, 2.45) is 5.92 Å². The first kappa shape index (κ1) is 25.9. The van der Waals surface area contributed by atoms with Gasteiger partial charge in [0, 0.05) is 25.4 Å². The van der Waals surface area contributed by atoms with Gasteiger partial charge in [0.15, 0.2) is 5.01 Å². The van der Waals surface area contributed by atoms with E-state index < -0.39 is 16.1 Å². The van der Waals surface area contributed by atoms with Gasteiger partial charge in [-0.3, -0.25) is 19.5 Å². The summed E-state index contributed by atoms with van der Waals surface area (Å²) in [6, 6.07) is 2.68. The number of nitrogens with one attached hydrogen (secondary N) is 2. The van der Waals surface area contributed by atoms with Crippen LogP contribution in [0.2, 0.25) is 0 Å². The average Bonchev–Trinajstić information content (AvgIpc) is 3.61. The van der Waals surface area contributed by atoms with Crippen LogP contribution in [-0.4, -0.2) is 59.8 Å². The highest BCUT2D eigenvalue weighted by Crippen LogP contribution is 2.31. The Labute approximate surface area is 213 Å². The third-order valence-corrected chi connectivity index (χ3v) is 8.35. The Kier molecular flexibility index (Phi) is 8.11. The van der Waals surface area contributed by atoms with Gasteiger partial charge in [-0.2, -0.15) is 0 Å². The van der Waals surface area contributed by atoms with Crippen molar-refractivity contribution >= 4 is 33.0 Å². The summed E-state index contributed by atoms with van der Waals surface area (Å²) in [6.07, 6.45) is 7.51. The minimum atomic E-state index is -3.43. The van der Waals surface area contributed by atoms with Crippen molar-refractivity contribution in [3.8, 4) is 16.5 Å². The summed E-state index contributed by atoms with van der Waals surface area (Å²) in [5.74, 6) is -0.153. The topological polar surface area (TPSA) is 145 Å². The quantitative estimate of drug-likeness (QED) is 0.359. The van der Waals surface area contributed by atoms with Gasteiger partial charge in [0.2, 0.25) is 15.9 Å². The second-order valence-corrected chi connectivity index (χ2v) is 11.4. The Balaban J connectivity index is 1.54. The van der Waals surface area contributed by atoms with Gasteiger partial charge in [-0.05, 0) is 31.9 Å². The number of ether oxygens (including phenoxy) is 2. The molecule has 13 heteroatoms. The summed E-state index contributed by atoms with van der Waals surface area (Å²) in [5.41, 5.74) is 1.47. The molecule has 2 atom stereocenters. The Morgan fingerprint density at radius 2 is 2.06 bits per heavy atom. The highest BCUT2D eigenvalue weighted by Gasteiger charge is 2.36. The van der Waals surface area contributed by atoms with E-state index in [1.807, 2.05) is 13.8 Å². The van der Waals surface area contributed by atoms with Crippen LogP contribution in [0, 0.1) is 5.92 Å². The molecule has 192 valence electrons. The van der Waals surface area contributed by atoms with Crippen LogP contribution < -0.4 is 14.8 Å². The van der Waals surface area contributed by atoms with Crippen LogP contribution in [0.1, 0.15) is 48.2 Å². The smallest absolute Gasteiger partial charge is 0.280 e. The number of anilines is 1. The van der Waals surface area contributed by atoms with Crippen molar-refractivity contribution in [2.75, 3.05) is 25.0 Å². The standard InChI is InChI=1S/C23H28N6O5S2/c1-4-34-20-12-24-10-18(27-20)19-11-26-23(35-19)22(30)28-21(14(2)13-33-3)17-9-15(7-8-25-17)29-36(31,32)16-5-6-16/h7-12,14,16,21H,4-6,13H2,1-3H3,(H,25,29)(H,28,30)/t14-,21+/m1/s1. The fraction of sp³-hybridized carbons (Fsp3) is 0.435. The van der Waals surface area contributed by atoms with Crippen molar-refractivity contribution in [3.05, 3.63) is 47.6 Å². The molecular formula is C23H28N6O5S2. The maximum absolute atomic E-state index is 13.2. The number of nitrogens with zero attached hydrogens (tertiary/aromatic N) is 4. The van der Waals surface area contributed by atoms with Gasteiger partial charge in [0.05, 0.1) is 53.2 Å². The zero-order valence-electron chi connectivity index (χ0n) is 20.2. The molecule has 1 fully saturated rings. The van der Waals surface area contributed by atoms with Gasteiger partial charge in [-0.1, -0.05) is 6.92 Å². The van der Waals surface area contributed by atoms with Crippen LogP contribution in [0.15, 0.2) is 36.9 Å². The zero-order chi connectivity index (χ0) is 25.7. The largest absolute Gasteiger partial charge is 0.477 e. The molecule has 1 amide bonds. The number of amides is 1. The normalized spacial score (nSPS) is 15.2. The monoisotopic (exact) mass is 532 g/mol. The van der Waals surface area contributed by atoms with Gasteiger partial charge in [0.25, 0.3) is 5.91 Å². The van der Waals surface area contributed by atoms with Crippen molar-refractivity contribution in [2.45, 2.75) is 38.0 Å². The average molecular weight is 533 g/mol. The number of hydrogen-bond donors (Lipinski definition) is 2. The van der Waals surface area contributed by atoms with E-state index in [0.29, 0.717) is 53.9 Å². The highest BCUT2D eigenvalue weighted by atomic mass is 32.2. The van der Waals surface area contributed by atoms with Gasteiger partial charge in [-0.15, -0.1) is 11.3 Å². The zero-order valence-corrected chi connectivity index (χ0v) is 21.8. The molecule has 3 aromatic rings. The van der Waals surface area contributed by atoms with E-state index >= 15 is 0 Å². The number of pyridine rings is 1. The van der Waals surface area contributed by atoms with Crippen LogP contribution in [0.3, 0.4) is 0 Å². The van der Waals surface area contributed by atoms with E-state index in [4.69, 9.17) is 9.47 Å². The Morgan fingerprint density at radius 3 is 2.78 bits per heavy atom. The molecule has 0 saturated heterocycles. The number of carbonyl (C=O) groups is 1. The molecule has 1 aliphatic rings. The summed E-state index contributed by atoms with van der Waals surface area (Å²) >= 11 is 1.18. The maximum atomic E-state index is 13.2. The van der Waals surface area contributed by atoms with Crippen molar-refractivity contribution in [1.82, 2.24) is 25.3 Å². The number of thiazole rings is 1. The van der Waals surface area contributed by atoms with E-state index in [1.54, 1.807) is 31.6 Å². The Bertz CT molecular complexity index is 1310. The molecule has 3 aromatic heterocycles. The Hall–Kier alpha value is -3.16. The van der Waals surface area contributed by atoms with Crippen molar-refractivity contribution < 1.29 is 22.7 Å². The number of carbonyl (C=O) groups excluding carboxylic acids is 1. The predicted octanol–water partition coefficient (Wildman–Crippen LogP) is 3.05. The summed E-state index contributed by atoms with van der Waals surface area (Å²) in [4.78, 5) is 31.0. The molecule has 0 radical (unpaired) electrons. The third-order valence-electron chi connectivity index (χ3n) is 5.47. The molecule has 36 heavy (non-hydrogen) atoms. The van der Waals surface area contributed by atoms with Crippen LogP contribution in [0.4, 0.5) is 5.69 Å². The molecule has 0 spiro atoms. The second kappa shape index (κ2) is 11.3. The minimum Gasteiger partial charge on any atom is -0.477 e. The molecule has 11 nitrogen and oxygen atoms in total. The van der Waals surface area contributed by atoms with Gasteiger partial charge in [-0.25, -0.2) is 18.4 Å². The molecule has 1 aliphatic carbocycles. The van der Waals surface area contributed by atoms with Crippen molar-refractivity contribution in [1.29, 1.82) is 0 Å². The lowest BCUT2D eigenvalue weighted by Gasteiger charge is -2.24. The molecule has 2 N–H and O–H groups in total. The summed E-state index contributed by atoms with van der Waals surface area (Å²) in [6.45, 7) is 4.59. The second-order valence-electron chi connectivity index (χ2n) is 8.40. The van der Waals surface area contributed by atoms with E-state index in [2.05, 4.69) is 30.0 Å². The van der Waals surface area contributed by atoms with E-state index in [-0.39, 0.29) is 22.1 Å². The van der Waals surface area contributed by atoms with Crippen molar-refractivity contribution in [3.63, 3.8) is 0 Å². The lowest BCUT2D eigenvalue weighted by Crippen LogP contribution is -2.34. The Morgan fingerprint density at radius 1 is 1.25 bits per heavy atom. The predicted molar refractivity (Wildman–Crippen MR) is 135 cm³/mol. The minimum absolute atomic E-state index is 0.157. The van der Waals surface area contributed by atoms with Gasteiger partial charge >= 0.3 is 0 Å². The number of methoxy groups -OCH3 is 1. The molecular weight excluding hydrogens is 504 g/mol. The first-order valence-corrected chi connectivity index (χ1v) is 13.9. The fourth-order valence-corrected chi connectivity index (χ4v) is 5.71. The molecule has 4 rings (SSSR count). The number of sulfonamides is 1. The lowest BCUT2D eigenvalue weighted by atomic mass is 9.98. The molecule has 3 heterocycles. The molecule has 0 aromatic carbocycles. The van der Waals surface area contributed by atoms with Gasteiger partial charge in [0.1, 0.15) is 5.69 Å². The summed E-state index contributed by atoms with van der Waals surface area (Å²) < 4.78 is 38.1. The lowest BCUT2D eigenvalue weighted by molar-refractivity contribution is 0.0885. The summed E-state index contributed by atoms with van der Waals surface area (Å²) in [7, 11) is -1.85.